The summed E-state index contributed by atoms with van der Waals surface area (Å²) in [6, 6.07) is 20.1. The molecule has 38 heavy (non-hydrogen) atoms. The summed E-state index contributed by atoms with van der Waals surface area (Å²) in [5.74, 6) is -0.530. The first-order valence-corrected chi connectivity index (χ1v) is 12.3. The molecular formula is C29H30N6O3. The van der Waals surface area contributed by atoms with Crippen molar-refractivity contribution in [3.05, 3.63) is 111 Å². The van der Waals surface area contributed by atoms with Crippen molar-refractivity contribution in [1.82, 2.24) is 19.9 Å². The van der Waals surface area contributed by atoms with Gasteiger partial charge in [-0.05, 0) is 55.5 Å². The van der Waals surface area contributed by atoms with Gasteiger partial charge in [-0.1, -0.05) is 48.5 Å². The maximum atomic E-state index is 13.5. The molecule has 9 heteroatoms. The first-order valence-electron chi connectivity index (χ1n) is 12.3. The molecule has 4 aromatic rings. The number of aromatic nitrogens is 3. The van der Waals surface area contributed by atoms with Crippen LogP contribution in [0.25, 0.3) is 11.3 Å². The Balaban J connectivity index is 1.59. The van der Waals surface area contributed by atoms with E-state index in [4.69, 9.17) is 11.5 Å². The van der Waals surface area contributed by atoms with E-state index >= 15 is 0 Å². The highest BCUT2D eigenvalue weighted by molar-refractivity contribution is 5.94. The van der Waals surface area contributed by atoms with Crippen LogP contribution < -0.4 is 22.3 Å². The van der Waals surface area contributed by atoms with Gasteiger partial charge in [0.15, 0.2) is 0 Å². The Kier molecular flexibility index (Phi) is 8.27. The molecule has 4 rings (SSSR count). The topological polar surface area (TPSA) is 146 Å². The fourth-order valence-electron chi connectivity index (χ4n) is 4.21. The highest BCUT2D eigenvalue weighted by atomic mass is 16.2. The molecule has 0 radical (unpaired) electrons. The van der Waals surface area contributed by atoms with Crippen LogP contribution in [0.1, 0.15) is 39.3 Å². The molecular weight excluding hydrogens is 480 g/mol. The largest absolute Gasteiger partial charge is 0.384 e. The molecule has 0 atom stereocenters. The molecule has 5 N–H and O–H groups in total. The summed E-state index contributed by atoms with van der Waals surface area (Å²) < 4.78 is 1.40. The Labute approximate surface area is 220 Å². The van der Waals surface area contributed by atoms with E-state index in [0.29, 0.717) is 34.8 Å². The number of hydrogen-bond acceptors (Lipinski definition) is 6. The second-order valence-electron chi connectivity index (χ2n) is 9.02. The molecule has 0 bridgehead atoms. The van der Waals surface area contributed by atoms with Crippen LogP contribution in [0.5, 0.6) is 0 Å². The number of nitrogens with two attached hydrogens (primary N) is 2. The summed E-state index contributed by atoms with van der Waals surface area (Å²) in [5, 5.41) is 2.85. The molecule has 194 valence electrons. The van der Waals surface area contributed by atoms with E-state index in [9.17, 15) is 14.4 Å². The van der Waals surface area contributed by atoms with Crippen LogP contribution in [0, 0.1) is 6.92 Å². The van der Waals surface area contributed by atoms with E-state index in [2.05, 4.69) is 15.3 Å². The summed E-state index contributed by atoms with van der Waals surface area (Å²) in [7, 11) is 0. The fourth-order valence-corrected chi connectivity index (χ4v) is 4.21. The molecule has 0 saturated carbocycles. The van der Waals surface area contributed by atoms with Crippen molar-refractivity contribution in [1.29, 1.82) is 0 Å². The van der Waals surface area contributed by atoms with Crippen LogP contribution in [-0.2, 0) is 30.7 Å². The number of nitrogens with zero attached hydrogens (tertiary/aromatic N) is 3. The lowest BCUT2D eigenvalue weighted by Crippen LogP contribution is -2.35. The van der Waals surface area contributed by atoms with E-state index in [1.807, 2.05) is 43.3 Å². The average Bonchev–Trinajstić information content (AvgIpc) is 2.91. The number of rotatable bonds is 10. The number of primary amides is 1. The first-order chi connectivity index (χ1) is 18.3. The number of nitrogens with one attached hydrogen (secondary N) is 1. The molecule has 2 amide bonds. The molecule has 2 heterocycles. The number of anilines is 1. The quantitative estimate of drug-likeness (QED) is 0.299. The molecule has 0 saturated heterocycles. The molecule has 0 aliphatic carbocycles. The van der Waals surface area contributed by atoms with E-state index in [1.165, 1.54) is 10.1 Å². The summed E-state index contributed by atoms with van der Waals surface area (Å²) in [6.07, 6.45) is 3.58. The van der Waals surface area contributed by atoms with Crippen molar-refractivity contribution in [3.8, 4) is 11.3 Å². The molecule has 0 aliphatic rings. The minimum absolute atomic E-state index is 0.218. The van der Waals surface area contributed by atoms with Crippen LogP contribution in [-0.4, -0.2) is 26.3 Å². The van der Waals surface area contributed by atoms with Crippen molar-refractivity contribution >= 4 is 17.6 Å². The number of aryl methyl sites for hydroxylation is 3. The average molecular weight is 511 g/mol. The van der Waals surface area contributed by atoms with Gasteiger partial charge in [0.1, 0.15) is 18.1 Å². The Morgan fingerprint density at radius 3 is 2.53 bits per heavy atom. The lowest BCUT2D eigenvalue weighted by molar-refractivity contribution is -0.121. The zero-order valence-corrected chi connectivity index (χ0v) is 21.2. The maximum absolute atomic E-state index is 13.5. The van der Waals surface area contributed by atoms with Gasteiger partial charge in [0.2, 0.25) is 11.8 Å². The molecule has 0 spiro atoms. The predicted octanol–water partition coefficient (Wildman–Crippen LogP) is 2.79. The van der Waals surface area contributed by atoms with Crippen LogP contribution in [0.2, 0.25) is 0 Å². The zero-order valence-electron chi connectivity index (χ0n) is 21.2. The van der Waals surface area contributed by atoms with Gasteiger partial charge in [0, 0.05) is 23.4 Å². The first kappa shape index (κ1) is 26.3. The predicted molar refractivity (Wildman–Crippen MR) is 146 cm³/mol. The van der Waals surface area contributed by atoms with Gasteiger partial charge in [-0.3, -0.25) is 23.9 Å². The smallest absolute Gasteiger partial charge is 0.273 e. The molecule has 0 aliphatic heterocycles. The standard InChI is InChI=1S/C29H30N6O3/c1-19-23(13-14-26(30)34-19)16-33-27(36)18-35-25(21-10-6-11-22(15-21)28(31)37)17-32-24(29(35)38)12-5-9-20-7-3-2-4-8-20/h2-4,6-8,10-11,13-15,17H,5,9,12,16,18H2,1H3,(H2,30,34)(H2,31,37)(H,33,36). The van der Waals surface area contributed by atoms with Gasteiger partial charge < -0.3 is 16.8 Å². The molecule has 0 unspecified atom stereocenters. The fraction of sp³-hybridized carbons (Fsp3) is 0.207. The van der Waals surface area contributed by atoms with Crippen molar-refractivity contribution in [2.45, 2.75) is 39.3 Å². The third kappa shape index (κ3) is 6.50. The van der Waals surface area contributed by atoms with E-state index < -0.39 is 5.91 Å². The van der Waals surface area contributed by atoms with Gasteiger partial charge in [-0.2, -0.15) is 0 Å². The second-order valence-corrected chi connectivity index (χ2v) is 9.02. The number of carbonyl (C=O) groups excluding carboxylic acids is 2. The Morgan fingerprint density at radius 1 is 1.00 bits per heavy atom. The number of hydrogen-bond donors (Lipinski definition) is 3. The number of nitrogen functional groups attached to an aromatic ring is 1. The third-order valence-electron chi connectivity index (χ3n) is 6.28. The summed E-state index contributed by atoms with van der Waals surface area (Å²) >= 11 is 0. The number of carbonyl (C=O) groups is 2. The van der Waals surface area contributed by atoms with E-state index in [1.54, 1.807) is 36.5 Å². The van der Waals surface area contributed by atoms with Gasteiger partial charge in [-0.25, -0.2) is 4.98 Å². The lowest BCUT2D eigenvalue weighted by atomic mass is 10.1. The molecule has 2 aromatic carbocycles. The van der Waals surface area contributed by atoms with Crippen LogP contribution in [0.15, 0.2) is 77.7 Å². The normalized spacial score (nSPS) is 10.8. The summed E-state index contributed by atoms with van der Waals surface area (Å²) in [4.78, 5) is 46.9. The van der Waals surface area contributed by atoms with Crippen LogP contribution in [0.3, 0.4) is 0 Å². The van der Waals surface area contributed by atoms with Crippen molar-refractivity contribution in [3.63, 3.8) is 0 Å². The van der Waals surface area contributed by atoms with E-state index in [-0.39, 0.29) is 24.6 Å². The van der Waals surface area contributed by atoms with Crippen molar-refractivity contribution in [2.75, 3.05) is 5.73 Å². The van der Waals surface area contributed by atoms with Crippen molar-refractivity contribution in [2.24, 2.45) is 5.73 Å². The highest BCUT2D eigenvalue weighted by Gasteiger charge is 2.16. The molecule has 2 aromatic heterocycles. The molecule has 0 fully saturated rings. The minimum atomic E-state index is -0.587. The number of amides is 2. The van der Waals surface area contributed by atoms with Gasteiger partial charge in [0.05, 0.1) is 11.9 Å². The number of benzene rings is 2. The van der Waals surface area contributed by atoms with Crippen LogP contribution >= 0.6 is 0 Å². The Bertz CT molecular complexity index is 1510. The molecule has 9 nitrogen and oxygen atoms in total. The SMILES string of the molecule is Cc1nc(N)ccc1CNC(=O)Cn1c(-c2cccc(C(N)=O)c2)cnc(CCCc2ccccc2)c1=O. The van der Waals surface area contributed by atoms with Crippen molar-refractivity contribution < 1.29 is 9.59 Å². The van der Waals surface area contributed by atoms with Crippen LogP contribution in [0.4, 0.5) is 5.82 Å². The van der Waals surface area contributed by atoms with Gasteiger partial charge >= 0.3 is 0 Å². The monoisotopic (exact) mass is 510 g/mol. The summed E-state index contributed by atoms with van der Waals surface area (Å²) in [5.41, 5.74) is 15.2. The third-order valence-corrected chi connectivity index (χ3v) is 6.28. The minimum Gasteiger partial charge on any atom is -0.384 e. The van der Waals surface area contributed by atoms with E-state index in [0.717, 1.165) is 24.1 Å². The Morgan fingerprint density at radius 2 is 1.79 bits per heavy atom. The maximum Gasteiger partial charge on any atom is 0.273 e. The Hall–Kier alpha value is -4.79. The lowest BCUT2D eigenvalue weighted by Gasteiger charge is -2.15. The number of pyridine rings is 1. The van der Waals surface area contributed by atoms with Gasteiger partial charge in [0.25, 0.3) is 5.56 Å². The zero-order chi connectivity index (χ0) is 27.1. The second kappa shape index (κ2) is 12.0. The van der Waals surface area contributed by atoms with Gasteiger partial charge in [-0.15, -0.1) is 0 Å². The highest BCUT2D eigenvalue weighted by Crippen LogP contribution is 2.19. The summed E-state index contributed by atoms with van der Waals surface area (Å²) in [6.45, 7) is 1.84.